The molecular formula is C16H20O3. The molecule has 1 aromatic rings. The Hall–Kier alpha value is -1.25. The van der Waals surface area contributed by atoms with Crippen molar-refractivity contribution in [3.8, 4) is 0 Å². The first-order valence-electron chi connectivity index (χ1n) is 7.43. The minimum absolute atomic E-state index is 0.291. The highest BCUT2D eigenvalue weighted by atomic mass is 16.4. The second kappa shape index (κ2) is 3.87. The van der Waals surface area contributed by atoms with Crippen LogP contribution in [0.3, 0.4) is 0 Å². The van der Waals surface area contributed by atoms with Crippen molar-refractivity contribution < 1.29 is 14.3 Å². The third kappa shape index (κ3) is 1.90. The van der Waals surface area contributed by atoms with Crippen LogP contribution in [0.2, 0.25) is 0 Å². The molecule has 0 saturated heterocycles. The Balaban J connectivity index is 1.57. The Morgan fingerprint density at radius 2 is 1.79 bits per heavy atom. The van der Waals surface area contributed by atoms with Gasteiger partial charge < -0.3 is 9.52 Å². The summed E-state index contributed by atoms with van der Waals surface area (Å²) in [5.41, 5.74) is 0.710. The zero-order chi connectivity index (χ0) is 13.0. The van der Waals surface area contributed by atoms with Gasteiger partial charge in [0.2, 0.25) is 0 Å². The van der Waals surface area contributed by atoms with Gasteiger partial charge in [0, 0.05) is 6.42 Å². The van der Waals surface area contributed by atoms with Gasteiger partial charge in [-0.3, -0.25) is 0 Å². The number of rotatable bonds is 3. The third-order valence-corrected chi connectivity index (χ3v) is 5.62. The Labute approximate surface area is 113 Å². The van der Waals surface area contributed by atoms with Gasteiger partial charge in [-0.2, -0.15) is 0 Å². The summed E-state index contributed by atoms with van der Waals surface area (Å²) in [6.45, 7) is 0. The molecule has 0 atom stereocenters. The molecule has 1 N–H and O–H groups in total. The van der Waals surface area contributed by atoms with Gasteiger partial charge in [-0.15, -0.1) is 0 Å². The largest absolute Gasteiger partial charge is 0.478 e. The van der Waals surface area contributed by atoms with E-state index in [2.05, 4.69) is 0 Å². The van der Waals surface area contributed by atoms with Crippen molar-refractivity contribution in [2.45, 2.75) is 44.9 Å². The summed E-state index contributed by atoms with van der Waals surface area (Å²) in [5, 5.41) is 8.97. The van der Waals surface area contributed by atoms with Crippen LogP contribution in [-0.4, -0.2) is 11.1 Å². The smallest absolute Gasteiger partial charge is 0.338 e. The van der Waals surface area contributed by atoms with E-state index in [0.29, 0.717) is 11.0 Å². The lowest BCUT2D eigenvalue weighted by molar-refractivity contribution is -0.0544. The van der Waals surface area contributed by atoms with E-state index in [4.69, 9.17) is 9.52 Å². The summed E-state index contributed by atoms with van der Waals surface area (Å²) in [4.78, 5) is 10.9. The van der Waals surface area contributed by atoms with E-state index in [-0.39, 0.29) is 0 Å². The third-order valence-electron chi connectivity index (χ3n) is 5.62. The molecular weight excluding hydrogens is 240 g/mol. The van der Waals surface area contributed by atoms with Gasteiger partial charge in [0.1, 0.15) is 12.0 Å². The fraction of sp³-hybridized carbons (Fsp3) is 0.688. The van der Waals surface area contributed by atoms with E-state index >= 15 is 0 Å². The average Bonchev–Trinajstić information content (AvgIpc) is 2.74. The van der Waals surface area contributed by atoms with Crippen LogP contribution in [-0.2, 0) is 6.42 Å². The number of hydrogen-bond acceptors (Lipinski definition) is 2. The van der Waals surface area contributed by atoms with Crippen molar-refractivity contribution in [2.24, 2.45) is 23.2 Å². The maximum absolute atomic E-state index is 10.9. The molecule has 4 fully saturated rings. The topological polar surface area (TPSA) is 50.4 Å². The number of hydrogen-bond donors (Lipinski definition) is 1. The Morgan fingerprint density at radius 1 is 1.21 bits per heavy atom. The van der Waals surface area contributed by atoms with Crippen LogP contribution in [0.4, 0.5) is 0 Å². The molecule has 0 aromatic carbocycles. The summed E-state index contributed by atoms with van der Waals surface area (Å²) in [6.07, 6.45) is 10.7. The molecule has 102 valence electrons. The molecule has 0 amide bonds. The molecule has 3 heteroatoms. The van der Waals surface area contributed by atoms with Gasteiger partial charge in [0.25, 0.3) is 0 Å². The lowest BCUT2D eigenvalue weighted by atomic mass is 9.49. The van der Waals surface area contributed by atoms with Gasteiger partial charge in [0.15, 0.2) is 0 Å². The summed E-state index contributed by atoms with van der Waals surface area (Å²) in [6, 6.07) is 1.72. The molecule has 19 heavy (non-hydrogen) atoms. The van der Waals surface area contributed by atoms with E-state index < -0.39 is 5.97 Å². The van der Waals surface area contributed by atoms with Gasteiger partial charge >= 0.3 is 5.97 Å². The minimum atomic E-state index is -0.888. The fourth-order valence-electron chi connectivity index (χ4n) is 5.46. The quantitative estimate of drug-likeness (QED) is 0.900. The van der Waals surface area contributed by atoms with Crippen molar-refractivity contribution in [3.63, 3.8) is 0 Å². The molecule has 0 spiro atoms. The standard InChI is InChI=1S/C16H20O3/c17-15(18)13-4-14(19-9-13)8-16-5-10-1-11(6-16)3-12(2-10)7-16/h4,9-12H,1-3,5-8H2,(H,17,18). The molecule has 5 rings (SSSR count). The minimum Gasteiger partial charge on any atom is -0.478 e. The highest BCUT2D eigenvalue weighted by molar-refractivity contribution is 5.87. The van der Waals surface area contributed by atoms with Crippen molar-refractivity contribution in [3.05, 3.63) is 23.7 Å². The highest BCUT2D eigenvalue weighted by Crippen LogP contribution is 2.61. The first kappa shape index (κ1) is 11.6. The Morgan fingerprint density at radius 3 is 2.26 bits per heavy atom. The van der Waals surface area contributed by atoms with E-state index in [1.807, 2.05) is 0 Å². The van der Waals surface area contributed by atoms with Crippen LogP contribution in [0.5, 0.6) is 0 Å². The zero-order valence-corrected chi connectivity index (χ0v) is 11.1. The van der Waals surface area contributed by atoms with Crippen LogP contribution < -0.4 is 0 Å². The van der Waals surface area contributed by atoms with Crippen molar-refractivity contribution in [1.29, 1.82) is 0 Å². The Kier molecular flexibility index (Phi) is 2.36. The fourth-order valence-corrected chi connectivity index (χ4v) is 5.46. The van der Waals surface area contributed by atoms with E-state index in [0.717, 1.165) is 29.9 Å². The second-order valence-electron chi connectivity index (χ2n) is 7.20. The molecule has 4 aliphatic rings. The van der Waals surface area contributed by atoms with Crippen LogP contribution >= 0.6 is 0 Å². The molecule has 3 nitrogen and oxygen atoms in total. The van der Waals surface area contributed by atoms with Gasteiger partial charge in [0.05, 0.1) is 5.56 Å². The number of carbonyl (C=O) groups is 1. The number of carboxylic acids is 1. The molecule has 0 radical (unpaired) electrons. The maximum Gasteiger partial charge on any atom is 0.338 e. The lowest BCUT2D eigenvalue weighted by Crippen LogP contribution is -2.46. The van der Waals surface area contributed by atoms with E-state index in [9.17, 15) is 4.79 Å². The first-order chi connectivity index (χ1) is 9.12. The normalized spacial score (nSPS) is 39.7. The highest BCUT2D eigenvalue weighted by Gasteiger charge is 2.50. The molecule has 1 aromatic heterocycles. The zero-order valence-electron chi connectivity index (χ0n) is 11.1. The summed E-state index contributed by atoms with van der Waals surface area (Å²) < 4.78 is 5.48. The molecule has 0 unspecified atom stereocenters. The van der Waals surface area contributed by atoms with Gasteiger partial charge in [-0.25, -0.2) is 4.79 Å². The number of aromatic carboxylic acids is 1. The average molecular weight is 260 g/mol. The predicted molar refractivity (Wildman–Crippen MR) is 70.0 cm³/mol. The van der Waals surface area contributed by atoms with Crippen molar-refractivity contribution in [2.75, 3.05) is 0 Å². The lowest BCUT2D eigenvalue weighted by Gasteiger charge is -2.56. The van der Waals surface area contributed by atoms with Crippen LogP contribution in [0.15, 0.2) is 16.7 Å². The van der Waals surface area contributed by atoms with E-state index in [1.54, 1.807) is 6.07 Å². The van der Waals surface area contributed by atoms with Gasteiger partial charge in [-0.05, 0) is 67.8 Å². The van der Waals surface area contributed by atoms with Crippen LogP contribution in [0, 0.1) is 23.2 Å². The van der Waals surface area contributed by atoms with Crippen molar-refractivity contribution in [1.82, 2.24) is 0 Å². The molecule has 4 saturated carbocycles. The predicted octanol–water partition coefficient (Wildman–Crippen LogP) is 3.74. The van der Waals surface area contributed by atoms with Crippen molar-refractivity contribution >= 4 is 5.97 Å². The summed E-state index contributed by atoms with van der Waals surface area (Å²) in [5.74, 6) is 2.78. The SMILES string of the molecule is O=C(O)c1coc(CC23CC4CC(CC(C4)C2)C3)c1. The monoisotopic (exact) mass is 260 g/mol. The molecule has 1 heterocycles. The number of furan rings is 1. The summed E-state index contributed by atoms with van der Waals surface area (Å²) in [7, 11) is 0. The summed E-state index contributed by atoms with van der Waals surface area (Å²) >= 11 is 0. The molecule has 4 bridgehead atoms. The first-order valence-corrected chi connectivity index (χ1v) is 7.43. The van der Waals surface area contributed by atoms with Gasteiger partial charge in [-0.1, -0.05) is 0 Å². The molecule has 4 aliphatic carbocycles. The van der Waals surface area contributed by atoms with E-state index in [1.165, 1.54) is 44.8 Å². The molecule has 0 aliphatic heterocycles. The maximum atomic E-state index is 10.9. The number of carboxylic acid groups (broad SMARTS) is 1. The van der Waals surface area contributed by atoms with Crippen LogP contribution in [0.25, 0.3) is 0 Å². The Bertz CT molecular complexity index is 479. The second-order valence-corrected chi connectivity index (χ2v) is 7.20. The van der Waals surface area contributed by atoms with Crippen LogP contribution in [0.1, 0.15) is 54.6 Å².